The number of hydrogen-bond donors (Lipinski definition) is 0. The topological polar surface area (TPSA) is 54.4 Å². The minimum absolute atomic E-state index is 0.0444. The van der Waals surface area contributed by atoms with Gasteiger partial charge in [0.05, 0.1) is 24.3 Å². The average Bonchev–Trinajstić information content (AvgIpc) is 3.10. The van der Waals surface area contributed by atoms with Crippen molar-refractivity contribution in [1.29, 1.82) is 0 Å². The Bertz CT molecular complexity index is 998. The molecule has 0 unspecified atom stereocenters. The Morgan fingerprint density at radius 1 is 1.06 bits per heavy atom. The van der Waals surface area contributed by atoms with Gasteiger partial charge in [-0.3, -0.25) is 9.69 Å². The van der Waals surface area contributed by atoms with Gasteiger partial charge in [0.2, 0.25) is 0 Å². The number of likely N-dealkylation sites (N-methyl/N-ethyl adjacent to an activating group) is 1. The summed E-state index contributed by atoms with van der Waals surface area (Å²) in [5, 5.41) is 0.673. The van der Waals surface area contributed by atoms with Crippen molar-refractivity contribution in [2.24, 2.45) is 4.99 Å². The Labute approximate surface area is 194 Å². The molecule has 0 aliphatic carbocycles. The second-order valence-corrected chi connectivity index (χ2v) is 8.09. The summed E-state index contributed by atoms with van der Waals surface area (Å²) in [6, 6.07) is 13.7. The van der Waals surface area contributed by atoms with E-state index in [1.165, 1.54) is 11.8 Å². The van der Waals surface area contributed by atoms with Gasteiger partial charge in [0.1, 0.15) is 11.5 Å². The largest absolute Gasteiger partial charge is 0.496 e. The first-order valence-corrected chi connectivity index (χ1v) is 11.8. The van der Waals surface area contributed by atoms with Crippen molar-refractivity contribution in [3.8, 4) is 11.5 Å². The highest BCUT2D eigenvalue weighted by molar-refractivity contribution is 8.18. The SMILES string of the molecule is CCOc1ccc(N=C2SC(=Cc3ccc(N(CC)CC)cc3OC)C(=O)N2CC)cc1. The van der Waals surface area contributed by atoms with Crippen LogP contribution in [-0.2, 0) is 4.79 Å². The third-order valence-electron chi connectivity index (χ3n) is 5.21. The first-order chi connectivity index (χ1) is 15.5. The molecule has 0 N–H and O–H groups in total. The second kappa shape index (κ2) is 11.1. The van der Waals surface area contributed by atoms with Crippen molar-refractivity contribution < 1.29 is 14.3 Å². The smallest absolute Gasteiger partial charge is 0.266 e. The number of thioether (sulfide) groups is 1. The summed E-state index contributed by atoms with van der Waals surface area (Å²) in [4.78, 5) is 22.3. The van der Waals surface area contributed by atoms with Gasteiger partial charge < -0.3 is 14.4 Å². The summed E-state index contributed by atoms with van der Waals surface area (Å²) in [7, 11) is 1.66. The minimum atomic E-state index is -0.0444. The molecule has 3 rings (SSSR count). The van der Waals surface area contributed by atoms with E-state index < -0.39 is 0 Å². The Morgan fingerprint density at radius 3 is 2.38 bits per heavy atom. The normalized spacial score (nSPS) is 16.2. The zero-order valence-corrected chi connectivity index (χ0v) is 20.2. The molecule has 0 atom stereocenters. The molecule has 170 valence electrons. The van der Waals surface area contributed by atoms with Crippen LogP contribution < -0.4 is 14.4 Å². The van der Waals surface area contributed by atoms with Crippen molar-refractivity contribution in [2.45, 2.75) is 27.7 Å². The number of rotatable bonds is 9. The van der Waals surface area contributed by atoms with E-state index in [0.29, 0.717) is 23.2 Å². The summed E-state index contributed by atoms with van der Waals surface area (Å²) in [5.41, 5.74) is 2.76. The highest BCUT2D eigenvalue weighted by Crippen LogP contribution is 2.36. The van der Waals surface area contributed by atoms with E-state index >= 15 is 0 Å². The van der Waals surface area contributed by atoms with Gasteiger partial charge in [0, 0.05) is 37.0 Å². The third kappa shape index (κ3) is 5.27. The number of methoxy groups -OCH3 is 1. The van der Waals surface area contributed by atoms with Crippen molar-refractivity contribution in [2.75, 3.05) is 38.3 Å². The maximum absolute atomic E-state index is 13.0. The molecule has 1 saturated heterocycles. The van der Waals surface area contributed by atoms with Crippen LogP contribution in [0.2, 0.25) is 0 Å². The van der Waals surface area contributed by atoms with Crippen LogP contribution in [0.25, 0.3) is 6.08 Å². The highest BCUT2D eigenvalue weighted by Gasteiger charge is 2.32. The van der Waals surface area contributed by atoms with E-state index in [0.717, 1.165) is 41.5 Å². The van der Waals surface area contributed by atoms with Gasteiger partial charge in [-0.2, -0.15) is 0 Å². The molecule has 0 aromatic heterocycles. The standard InChI is InChI=1S/C25H31N3O3S/c1-6-27(7-2)20-13-10-18(22(17-20)30-5)16-23-24(29)28(8-3)25(32-23)26-19-11-14-21(15-12-19)31-9-4/h10-17H,6-9H2,1-5H3. The van der Waals surface area contributed by atoms with Crippen LogP contribution in [0.1, 0.15) is 33.3 Å². The first kappa shape index (κ1) is 23.7. The Morgan fingerprint density at radius 2 is 1.78 bits per heavy atom. The quantitative estimate of drug-likeness (QED) is 0.465. The van der Waals surface area contributed by atoms with Crippen molar-refractivity contribution in [1.82, 2.24) is 4.90 Å². The van der Waals surface area contributed by atoms with Crippen molar-refractivity contribution in [3.05, 3.63) is 52.9 Å². The summed E-state index contributed by atoms with van der Waals surface area (Å²) in [5.74, 6) is 1.51. The molecule has 0 radical (unpaired) electrons. The molecule has 1 aliphatic heterocycles. The fraction of sp³-hybridized carbons (Fsp3) is 0.360. The zero-order chi connectivity index (χ0) is 23.1. The average molecular weight is 454 g/mol. The fourth-order valence-corrected chi connectivity index (χ4v) is 4.56. The molecule has 2 aromatic rings. The lowest BCUT2D eigenvalue weighted by atomic mass is 10.1. The predicted molar refractivity (Wildman–Crippen MR) is 134 cm³/mol. The fourth-order valence-electron chi connectivity index (χ4n) is 3.51. The van der Waals surface area contributed by atoms with Crippen LogP contribution in [0, 0.1) is 0 Å². The van der Waals surface area contributed by atoms with Crippen LogP contribution >= 0.6 is 11.8 Å². The molecule has 0 saturated carbocycles. The number of ether oxygens (including phenoxy) is 2. The third-order valence-corrected chi connectivity index (χ3v) is 6.22. The van der Waals surface area contributed by atoms with Gasteiger partial charge in [0.25, 0.3) is 5.91 Å². The van der Waals surface area contributed by atoms with Crippen LogP contribution in [0.4, 0.5) is 11.4 Å². The van der Waals surface area contributed by atoms with E-state index in [4.69, 9.17) is 14.5 Å². The van der Waals surface area contributed by atoms with Crippen LogP contribution in [0.15, 0.2) is 52.4 Å². The molecule has 6 nitrogen and oxygen atoms in total. The van der Waals surface area contributed by atoms with E-state index in [9.17, 15) is 4.79 Å². The minimum Gasteiger partial charge on any atom is -0.496 e. The number of amidine groups is 1. The zero-order valence-electron chi connectivity index (χ0n) is 19.4. The number of carbonyl (C=O) groups excluding carboxylic acids is 1. The highest BCUT2D eigenvalue weighted by atomic mass is 32.2. The molecule has 32 heavy (non-hydrogen) atoms. The lowest BCUT2D eigenvalue weighted by molar-refractivity contribution is -0.122. The number of benzene rings is 2. The number of aliphatic imine (C=N–C) groups is 1. The number of carbonyl (C=O) groups is 1. The molecule has 7 heteroatoms. The number of amides is 1. The van der Waals surface area contributed by atoms with Crippen molar-refractivity contribution in [3.63, 3.8) is 0 Å². The van der Waals surface area contributed by atoms with E-state index in [1.807, 2.05) is 56.3 Å². The second-order valence-electron chi connectivity index (χ2n) is 7.08. The maximum atomic E-state index is 13.0. The van der Waals surface area contributed by atoms with E-state index in [1.54, 1.807) is 12.0 Å². The summed E-state index contributed by atoms with van der Waals surface area (Å²) in [6.07, 6.45) is 1.89. The van der Waals surface area contributed by atoms with Crippen LogP contribution in [-0.4, -0.2) is 49.3 Å². The Hall–Kier alpha value is -2.93. The van der Waals surface area contributed by atoms with Gasteiger partial charge >= 0.3 is 0 Å². The monoisotopic (exact) mass is 453 g/mol. The van der Waals surface area contributed by atoms with Gasteiger partial charge in [-0.15, -0.1) is 0 Å². The summed E-state index contributed by atoms with van der Waals surface area (Å²) >= 11 is 1.38. The van der Waals surface area contributed by atoms with E-state index in [-0.39, 0.29) is 5.91 Å². The van der Waals surface area contributed by atoms with Gasteiger partial charge in [-0.05, 0) is 81.9 Å². The Kier molecular flexibility index (Phi) is 8.22. The number of hydrogen-bond acceptors (Lipinski definition) is 6. The molecule has 0 spiro atoms. The number of nitrogens with zero attached hydrogens (tertiary/aromatic N) is 3. The van der Waals surface area contributed by atoms with Crippen LogP contribution in [0.5, 0.6) is 11.5 Å². The summed E-state index contributed by atoms with van der Waals surface area (Å²) < 4.78 is 11.1. The first-order valence-electron chi connectivity index (χ1n) is 11.0. The van der Waals surface area contributed by atoms with Gasteiger partial charge in [-0.25, -0.2) is 4.99 Å². The molecular formula is C25H31N3O3S. The predicted octanol–water partition coefficient (Wildman–Crippen LogP) is 5.56. The lowest BCUT2D eigenvalue weighted by Gasteiger charge is -2.22. The molecular weight excluding hydrogens is 422 g/mol. The molecule has 1 amide bonds. The molecule has 1 fully saturated rings. The maximum Gasteiger partial charge on any atom is 0.266 e. The van der Waals surface area contributed by atoms with Gasteiger partial charge in [-0.1, -0.05) is 0 Å². The molecule has 2 aromatic carbocycles. The lowest BCUT2D eigenvalue weighted by Crippen LogP contribution is -2.28. The number of anilines is 1. The van der Waals surface area contributed by atoms with Crippen LogP contribution in [0.3, 0.4) is 0 Å². The Balaban J connectivity index is 1.89. The summed E-state index contributed by atoms with van der Waals surface area (Å²) in [6.45, 7) is 11.2. The van der Waals surface area contributed by atoms with E-state index in [2.05, 4.69) is 24.8 Å². The van der Waals surface area contributed by atoms with Crippen molar-refractivity contribution >= 4 is 40.3 Å². The molecule has 1 aliphatic rings. The van der Waals surface area contributed by atoms with Gasteiger partial charge in [0.15, 0.2) is 5.17 Å². The molecule has 1 heterocycles. The molecule has 0 bridgehead atoms.